The number of hydrogen-bond donors (Lipinski definition) is 2. The van der Waals surface area contributed by atoms with Gasteiger partial charge in [0.2, 0.25) is 5.91 Å². The first-order chi connectivity index (χ1) is 9.08. The predicted molar refractivity (Wildman–Crippen MR) is 78.1 cm³/mol. The SMILES string of the molecule is CC(C)(CNCCC(=O)NC1CC1)c1ccccc1. The molecule has 3 heteroatoms. The summed E-state index contributed by atoms with van der Waals surface area (Å²) in [6.45, 7) is 6.07. The summed E-state index contributed by atoms with van der Waals surface area (Å²) in [5, 5.41) is 6.39. The second kappa shape index (κ2) is 6.20. The van der Waals surface area contributed by atoms with E-state index in [1.54, 1.807) is 0 Å². The number of rotatable bonds is 7. The molecular formula is C16H24N2O. The van der Waals surface area contributed by atoms with Crippen molar-refractivity contribution in [1.29, 1.82) is 0 Å². The fourth-order valence-corrected chi connectivity index (χ4v) is 2.12. The molecule has 0 aromatic heterocycles. The minimum atomic E-state index is 0.0915. The first-order valence-electron chi connectivity index (χ1n) is 7.13. The molecule has 0 spiro atoms. The van der Waals surface area contributed by atoms with Crippen LogP contribution < -0.4 is 10.6 Å². The van der Waals surface area contributed by atoms with E-state index in [1.807, 2.05) is 6.07 Å². The van der Waals surface area contributed by atoms with Crippen LogP contribution in [0.5, 0.6) is 0 Å². The number of amides is 1. The van der Waals surface area contributed by atoms with E-state index in [0.29, 0.717) is 12.5 Å². The molecule has 0 bridgehead atoms. The molecule has 0 atom stereocenters. The zero-order chi connectivity index (χ0) is 13.7. The Bertz CT molecular complexity index is 410. The van der Waals surface area contributed by atoms with Crippen LogP contribution in [0, 0.1) is 0 Å². The van der Waals surface area contributed by atoms with E-state index in [4.69, 9.17) is 0 Å². The van der Waals surface area contributed by atoms with Crippen molar-refractivity contribution in [3.63, 3.8) is 0 Å². The maximum absolute atomic E-state index is 11.5. The van der Waals surface area contributed by atoms with Crippen LogP contribution in [0.3, 0.4) is 0 Å². The van der Waals surface area contributed by atoms with Crippen molar-refractivity contribution in [2.24, 2.45) is 0 Å². The molecule has 19 heavy (non-hydrogen) atoms. The highest BCUT2D eigenvalue weighted by atomic mass is 16.1. The molecule has 0 aliphatic heterocycles. The third-order valence-electron chi connectivity index (χ3n) is 3.59. The van der Waals surface area contributed by atoms with Crippen LogP contribution >= 0.6 is 0 Å². The van der Waals surface area contributed by atoms with Gasteiger partial charge in [-0.25, -0.2) is 0 Å². The monoisotopic (exact) mass is 260 g/mol. The molecule has 2 N–H and O–H groups in total. The lowest BCUT2D eigenvalue weighted by Gasteiger charge is -2.25. The molecular weight excluding hydrogens is 236 g/mol. The van der Waals surface area contributed by atoms with E-state index in [0.717, 1.165) is 25.9 Å². The average Bonchev–Trinajstić information content (AvgIpc) is 3.20. The van der Waals surface area contributed by atoms with Gasteiger partial charge in [-0.3, -0.25) is 4.79 Å². The van der Waals surface area contributed by atoms with Gasteiger partial charge in [-0.15, -0.1) is 0 Å². The smallest absolute Gasteiger partial charge is 0.221 e. The summed E-state index contributed by atoms with van der Waals surface area (Å²) in [6, 6.07) is 11.0. The van der Waals surface area contributed by atoms with Gasteiger partial charge in [0.05, 0.1) is 0 Å². The van der Waals surface area contributed by atoms with Crippen molar-refractivity contribution >= 4 is 5.91 Å². The molecule has 1 fully saturated rings. The lowest BCUT2D eigenvalue weighted by atomic mass is 9.84. The molecule has 0 radical (unpaired) electrons. The first kappa shape index (κ1) is 14.1. The van der Waals surface area contributed by atoms with Gasteiger partial charge in [-0.2, -0.15) is 0 Å². The Morgan fingerprint density at radius 2 is 1.95 bits per heavy atom. The van der Waals surface area contributed by atoms with Gasteiger partial charge in [-0.05, 0) is 18.4 Å². The van der Waals surface area contributed by atoms with E-state index in [2.05, 4.69) is 48.7 Å². The van der Waals surface area contributed by atoms with E-state index < -0.39 is 0 Å². The summed E-state index contributed by atoms with van der Waals surface area (Å²) in [5.41, 5.74) is 1.42. The highest BCUT2D eigenvalue weighted by Gasteiger charge is 2.23. The zero-order valence-electron chi connectivity index (χ0n) is 11.9. The van der Waals surface area contributed by atoms with Gasteiger partial charge >= 0.3 is 0 Å². The van der Waals surface area contributed by atoms with Gasteiger partial charge in [0.1, 0.15) is 0 Å². The van der Waals surface area contributed by atoms with Crippen molar-refractivity contribution in [3.05, 3.63) is 35.9 Å². The predicted octanol–water partition coefficient (Wildman–Crippen LogP) is 2.22. The lowest BCUT2D eigenvalue weighted by molar-refractivity contribution is -0.121. The average molecular weight is 260 g/mol. The molecule has 1 aromatic carbocycles. The molecule has 1 aromatic rings. The molecule has 0 heterocycles. The molecule has 104 valence electrons. The summed E-state index contributed by atoms with van der Waals surface area (Å²) >= 11 is 0. The van der Waals surface area contributed by atoms with Crippen LogP contribution in [0.25, 0.3) is 0 Å². The Kier molecular flexibility index (Phi) is 4.59. The van der Waals surface area contributed by atoms with Crippen molar-refractivity contribution in [2.45, 2.75) is 44.6 Å². The third kappa shape index (κ3) is 4.67. The third-order valence-corrected chi connectivity index (χ3v) is 3.59. The van der Waals surface area contributed by atoms with Crippen molar-refractivity contribution in [2.75, 3.05) is 13.1 Å². The standard InChI is InChI=1S/C16H24N2O/c1-16(2,13-6-4-3-5-7-13)12-17-11-10-15(19)18-14-8-9-14/h3-7,14,17H,8-12H2,1-2H3,(H,18,19). The summed E-state index contributed by atoms with van der Waals surface area (Å²) in [7, 11) is 0. The van der Waals surface area contributed by atoms with Crippen LogP contribution in [0.2, 0.25) is 0 Å². The zero-order valence-corrected chi connectivity index (χ0v) is 11.9. The minimum absolute atomic E-state index is 0.0915. The maximum Gasteiger partial charge on any atom is 0.221 e. The van der Waals surface area contributed by atoms with E-state index in [-0.39, 0.29) is 11.3 Å². The van der Waals surface area contributed by atoms with Gasteiger partial charge in [0.15, 0.2) is 0 Å². The Hall–Kier alpha value is -1.35. The van der Waals surface area contributed by atoms with Gasteiger partial charge in [0.25, 0.3) is 0 Å². The number of hydrogen-bond acceptors (Lipinski definition) is 2. The number of nitrogens with one attached hydrogen (secondary N) is 2. The van der Waals surface area contributed by atoms with Crippen LogP contribution in [0.1, 0.15) is 38.7 Å². The van der Waals surface area contributed by atoms with E-state index in [9.17, 15) is 4.79 Å². The summed E-state index contributed by atoms with van der Waals surface area (Å²) in [6.07, 6.45) is 2.88. The number of carbonyl (C=O) groups is 1. The van der Waals surface area contributed by atoms with Crippen molar-refractivity contribution in [3.8, 4) is 0 Å². The fraction of sp³-hybridized carbons (Fsp3) is 0.562. The Labute approximate surface area is 115 Å². The molecule has 3 nitrogen and oxygen atoms in total. The largest absolute Gasteiger partial charge is 0.353 e. The van der Waals surface area contributed by atoms with Gasteiger partial charge < -0.3 is 10.6 Å². The van der Waals surface area contributed by atoms with Crippen LogP contribution in [-0.2, 0) is 10.2 Å². The summed E-state index contributed by atoms with van der Waals surface area (Å²) < 4.78 is 0. The van der Waals surface area contributed by atoms with E-state index in [1.165, 1.54) is 5.56 Å². The van der Waals surface area contributed by atoms with Crippen LogP contribution in [-0.4, -0.2) is 25.0 Å². The highest BCUT2D eigenvalue weighted by Crippen LogP contribution is 2.21. The Morgan fingerprint density at radius 3 is 2.58 bits per heavy atom. The number of benzene rings is 1. The highest BCUT2D eigenvalue weighted by molar-refractivity contribution is 5.76. The second-order valence-corrected chi connectivity index (χ2v) is 6.02. The molecule has 0 saturated heterocycles. The minimum Gasteiger partial charge on any atom is -0.353 e. The fourth-order valence-electron chi connectivity index (χ4n) is 2.12. The van der Waals surface area contributed by atoms with Gasteiger partial charge in [0, 0.05) is 31.0 Å². The summed E-state index contributed by atoms with van der Waals surface area (Å²) in [5.74, 6) is 0.174. The summed E-state index contributed by atoms with van der Waals surface area (Å²) in [4.78, 5) is 11.5. The molecule has 1 aliphatic carbocycles. The van der Waals surface area contributed by atoms with Crippen molar-refractivity contribution in [1.82, 2.24) is 10.6 Å². The van der Waals surface area contributed by atoms with E-state index >= 15 is 0 Å². The molecule has 2 rings (SSSR count). The molecule has 0 unspecified atom stereocenters. The van der Waals surface area contributed by atoms with Gasteiger partial charge in [-0.1, -0.05) is 44.2 Å². The van der Waals surface area contributed by atoms with Crippen LogP contribution in [0.15, 0.2) is 30.3 Å². The second-order valence-electron chi connectivity index (χ2n) is 6.02. The maximum atomic E-state index is 11.5. The molecule has 1 saturated carbocycles. The van der Waals surface area contributed by atoms with Crippen molar-refractivity contribution < 1.29 is 4.79 Å². The van der Waals surface area contributed by atoms with Crippen LogP contribution in [0.4, 0.5) is 0 Å². The molecule has 1 aliphatic rings. The number of carbonyl (C=O) groups excluding carboxylic acids is 1. The lowest BCUT2D eigenvalue weighted by Crippen LogP contribution is -2.35. The Balaban J connectivity index is 1.68. The first-order valence-corrected chi connectivity index (χ1v) is 7.13. The quantitative estimate of drug-likeness (QED) is 0.738. The topological polar surface area (TPSA) is 41.1 Å². The Morgan fingerprint density at radius 1 is 1.26 bits per heavy atom. The normalized spacial score (nSPS) is 15.3. The molecule has 1 amide bonds.